The van der Waals surface area contributed by atoms with E-state index >= 15 is 0 Å². The molecule has 1 aromatic heterocycles. The predicted molar refractivity (Wildman–Crippen MR) is 153 cm³/mol. The number of anilines is 2. The first-order chi connectivity index (χ1) is 19.8. The van der Waals surface area contributed by atoms with Crippen molar-refractivity contribution in [1.82, 2.24) is 9.88 Å². The van der Waals surface area contributed by atoms with Crippen LogP contribution in [0, 0.1) is 17.8 Å². The van der Waals surface area contributed by atoms with Gasteiger partial charge < -0.3 is 40.2 Å². The van der Waals surface area contributed by atoms with Crippen molar-refractivity contribution < 1.29 is 32.9 Å². The normalized spacial score (nSPS) is 17.3. The van der Waals surface area contributed by atoms with Gasteiger partial charge in [-0.25, -0.2) is 0 Å². The summed E-state index contributed by atoms with van der Waals surface area (Å²) in [6.45, 7) is 2.45. The molecule has 0 amide bonds. The molecular weight excluding hydrogens is 537 g/mol. The second-order valence-electron chi connectivity index (χ2n) is 9.92. The first kappa shape index (κ1) is 30.5. The molecule has 222 valence electrons. The summed E-state index contributed by atoms with van der Waals surface area (Å²) in [5, 5.41) is 29.2. The number of aromatic hydroxyl groups is 1. The van der Waals surface area contributed by atoms with Gasteiger partial charge in [0.2, 0.25) is 0 Å². The maximum absolute atomic E-state index is 13.6. The van der Waals surface area contributed by atoms with Gasteiger partial charge in [-0.15, -0.1) is 0 Å². The third-order valence-corrected chi connectivity index (χ3v) is 6.92. The van der Waals surface area contributed by atoms with Crippen molar-refractivity contribution in [3.05, 3.63) is 54.2 Å². The number of alkyl halides is 3. The molecule has 2 heterocycles. The van der Waals surface area contributed by atoms with Crippen LogP contribution in [0.3, 0.4) is 0 Å². The molecule has 0 bridgehead atoms. The molecule has 4 rings (SSSR count). The summed E-state index contributed by atoms with van der Waals surface area (Å²) in [5.41, 5.74) is 2.19. The van der Waals surface area contributed by atoms with E-state index in [0.717, 1.165) is 31.6 Å². The Morgan fingerprint density at radius 1 is 1.05 bits per heavy atom. The number of aliphatic hydroxyl groups excluding tert-OH is 1. The number of nitrogens with zero attached hydrogens (tertiary/aromatic N) is 1. The van der Waals surface area contributed by atoms with Crippen molar-refractivity contribution in [3.63, 3.8) is 0 Å². The van der Waals surface area contributed by atoms with Crippen molar-refractivity contribution in [2.24, 2.45) is 5.92 Å². The van der Waals surface area contributed by atoms with Gasteiger partial charge in [-0.3, -0.25) is 0 Å². The number of phenolic OH excluding ortho intramolecular Hbond substituents is 1. The van der Waals surface area contributed by atoms with Crippen LogP contribution in [0.25, 0.3) is 10.9 Å². The highest BCUT2D eigenvalue weighted by molar-refractivity contribution is 5.94. The number of nitrogens with one attached hydrogen (secondary N) is 3. The summed E-state index contributed by atoms with van der Waals surface area (Å²) in [5.74, 6) is 6.21. The lowest BCUT2D eigenvalue weighted by molar-refractivity contribution is -0.140. The van der Waals surface area contributed by atoms with Gasteiger partial charge in [0.1, 0.15) is 12.3 Å². The van der Waals surface area contributed by atoms with Gasteiger partial charge in [-0.05, 0) is 68.1 Å². The van der Waals surface area contributed by atoms with Crippen LogP contribution >= 0.6 is 0 Å². The summed E-state index contributed by atoms with van der Waals surface area (Å²) in [6.07, 6.45) is -2.72. The Morgan fingerprint density at radius 3 is 2.63 bits per heavy atom. The molecule has 0 radical (unpaired) electrons. The van der Waals surface area contributed by atoms with Gasteiger partial charge in [-0.1, -0.05) is 18.1 Å². The lowest BCUT2D eigenvalue weighted by Crippen LogP contribution is -2.44. The number of ether oxygens (including phenoxy) is 2. The van der Waals surface area contributed by atoms with E-state index in [0.29, 0.717) is 43.0 Å². The highest BCUT2D eigenvalue weighted by Gasteiger charge is 2.30. The van der Waals surface area contributed by atoms with Gasteiger partial charge in [0, 0.05) is 35.5 Å². The molecule has 1 aliphatic rings. The van der Waals surface area contributed by atoms with Crippen LogP contribution in [0.5, 0.6) is 5.75 Å². The molecule has 5 N–H and O–H groups in total. The van der Waals surface area contributed by atoms with E-state index < -0.39 is 12.7 Å². The summed E-state index contributed by atoms with van der Waals surface area (Å²) in [4.78, 5) is 0. The maximum atomic E-state index is 13.6. The number of benzene rings is 2. The zero-order valence-corrected chi connectivity index (χ0v) is 22.8. The number of piperidine rings is 1. The van der Waals surface area contributed by atoms with Gasteiger partial charge in [0.05, 0.1) is 44.2 Å². The summed E-state index contributed by atoms with van der Waals surface area (Å²) < 4.78 is 52.9. The third-order valence-electron chi connectivity index (χ3n) is 6.92. The molecular formula is C30H37F3N4O4. The predicted octanol–water partition coefficient (Wildman–Crippen LogP) is 4.18. The molecule has 0 saturated carbocycles. The van der Waals surface area contributed by atoms with Crippen LogP contribution in [0.2, 0.25) is 0 Å². The average molecular weight is 575 g/mol. The van der Waals surface area contributed by atoms with Crippen LogP contribution < -0.4 is 16.0 Å². The number of phenols is 1. The van der Waals surface area contributed by atoms with Crippen LogP contribution in [0.4, 0.5) is 24.5 Å². The quantitative estimate of drug-likeness (QED) is 0.154. The zero-order chi connectivity index (χ0) is 29.1. The number of aliphatic hydroxyl groups is 1. The number of aromatic nitrogens is 1. The molecule has 2 aromatic carbocycles. The van der Waals surface area contributed by atoms with Gasteiger partial charge in [-0.2, -0.15) is 13.2 Å². The van der Waals surface area contributed by atoms with E-state index in [-0.39, 0.29) is 36.6 Å². The van der Waals surface area contributed by atoms with E-state index in [1.54, 1.807) is 42.5 Å². The summed E-state index contributed by atoms with van der Waals surface area (Å²) in [6, 6.07) is 13.8. The van der Waals surface area contributed by atoms with Crippen molar-refractivity contribution in [1.29, 1.82) is 0 Å². The Morgan fingerprint density at radius 2 is 1.85 bits per heavy atom. The fourth-order valence-electron chi connectivity index (χ4n) is 5.00. The second kappa shape index (κ2) is 15.0. The SMILES string of the molecule is OCCOCCOCCC1CNCCC1Nc1cccc2c1cc(C#CCNc1cccc(O)c1)n2CC(F)(F)F. The molecule has 0 aliphatic carbocycles. The van der Waals surface area contributed by atoms with Crippen LogP contribution in [0.15, 0.2) is 48.5 Å². The smallest absolute Gasteiger partial charge is 0.406 e. The van der Waals surface area contributed by atoms with Crippen molar-refractivity contribution in [2.45, 2.75) is 31.6 Å². The Labute approximate surface area is 237 Å². The van der Waals surface area contributed by atoms with Crippen LogP contribution in [-0.4, -0.2) is 79.7 Å². The number of rotatable bonds is 13. The first-order valence-electron chi connectivity index (χ1n) is 13.8. The van der Waals surface area contributed by atoms with Gasteiger partial charge >= 0.3 is 6.18 Å². The molecule has 1 fully saturated rings. The number of hydrogen-bond acceptors (Lipinski definition) is 7. The van der Waals surface area contributed by atoms with E-state index in [1.807, 2.05) is 6.07 Å². The molecule has 11 heteroatoms. The molecule has 8 nitrogen and oxygen atoms in total. The lowest BCUT2D eigenvalue weighted by atomic mass is 9.90. The molecule has 2 atom stereocenters. The molecule has 1 saturated heterocycles. The molecule has 0 spiro atoms. The molecule has 2 unspecified atom stereocenters. The highest BCUT2D eigenvalue weighted by atomic mass is 19.4. The van der Waals surface area contributed by atoms with Crippen LogP contribution in [-0.2, 0) is 16.0 Å². The van der Waals surface area contributed by atoms with Crippen molar-refractivity contribution >= 4 is 22.3 Å². The fourth-order valence-corrected chi connectivity index (χ4v) is 5.00. The Hall–Kier alpha value is -3.43. The van der Waals surface area contributed by atoms with E-state index in [9.17, 15) is 18.3 Å². The van der Waals surface area contributed by atoms with Crippen molar-refractivity contribution in [3.8, 4) is 17.6 Å². The topological polar surface area (TPSA) is 99.9 Å². The van der Waals surface area contributed by atoms with Gasteiger partial charge in [0.15, 0.2) is 0 Å². The molecule has 41 heavy (non-hydrogen) atoms. The third kappa shape index (κ3) is 9.30. The minimum absolute atomic E-state index is 0.0148. The number of halogens is 3. The summed E-state index contributed by atoms with van der Waals surface area (Å²) >= 11 is 0. The number of fused-ring (bicyclic) bond motifs is 1. The van der Waals surface area contributed by atoms with Crippen molar-refractivity contribution in [2.75, 3.05) is 63.3 Å². The highest BCUT2D eigenvalue weighted by Crippen LogP contribution is 2.32. The van der Waals surface area contributed by atoms with Crippen LogP contribution in [0.1, 0.15) is 18.5 Å². The minimum atomic E-state index is -4.41. The van der Waals surface area contributed by atoms with E-state index in [4.69, 9.17) is 14.6 Å². The standard InChI is InChI=1S/C30H37F3N4O4/c31-30(32,33)21-37-24(5-3-11-35-23-4-1-6-25(39)18-23)19-26-28(7-2-8-29(26)37)36-27-9-12-34-20-22(27)10-14-40-16-17-41-15-13-38/h1-2,4,6-8,18-19,22,27,34-36,38-39H,9-17,20-21H2. The second-order valence-corrected chi connectivity index (χ2v) is 9.92. The average Bonchev–Trinajstić information content (AvgIpc) is 3.28. The van der Waals surface area contributed by atoms with E-state index in [1.165, 1.54) is 4.57 Å². The zero-order valence-electron chi connectivity index (χ0n) is 22.8. The lowest BCUT2D eigenvalue weighted by Gasteiger charge is -2.33. The monoisotopic (exact) mass is 574 g/mol. The Bertz CT molecular complexity index is 1320. The number of hydrogen-bond donors (Lipinski definition) is 5. The maximum Gasteiger partial charge on any atom is 0.406 e. The fraction of sp³-hybridized carbons (Fsp3) is 0.467. The largest absolute Gasteiger partial charge is 0.508 e. The Kier molecular flexibility index (Phi) is 11.2. The van der Waals surface area contributed by atoms with Gasteiger partial charge in [0.25, 0.3) is 0 Å². The first-order valence-corrected chi connectivity index (χ1v) is 13.8. The molecule has 3 aromatic rings. The Balaban J connectivity index is 1.48. The van der Waals surface area contributed by atoms with E-state index in [2.05, 4.69) is 27.8 Å². The minimum Gasteiger partial charge on any atom is -0.508 e. The summed E-state index contributed by atoms with van der Waals surface area (Å²) in [7, 11) is 0. The molecule has 1 aliphatic heterocycles.